The molecule has 0 saturated heterocycles. The highest BCUT2D eigenvalue weighted by atomic mass is 19.1. The van der Waals surface area contributed by atoms with E-state index in [2.05, 4.69) is 0 Å². The number of hydrogen-bond acceptors (Lipinski definition) is 4. The molecule has 0 heterocycles. The molecule has 0 fully saturated rings. The standard InChI is InChI=1S/C13H15FN2O4/c1-7(2)10(11(17)16-13(15)19)20-12(18)8-5-3-4-6-9(8)14/h3-7,10H,1-2H3,(H3,15,16,17,19)/t10-/m0/s1. The SMILES string of the molecule is CC(C)[C@H](OC(=O)c1ccccc1F)C(=O)NC(N)=O. The molecule has 0 aliphatic rings. The minimum atomic E-state index is -1.24. The minimum Gasteiger partial charge on any atom is -0.448 e. The van der Waals surface area contributed by atoms with Gasteiger partial charge in [-0.15, -0.1) is 0 Å². The zero-order chi connectivity index (χ0) is 15.3. The molecule has 3 amide bonds. The first-order valence-electron chi connectivity index (χ1n) is 5.88. The Morgan fingerprint density at radius 1 is 1.25 bits per heavy atom. The molecule has 0 aliphatic carbocycles. The van der Waals surface area contributed by atoms with Gasteiger partial charge in [0.05, 0.1) is 5.56 Å². The number of urea groups is 1. The Kier molecular flexibility index (Phi) is 5.19. The lowest BCUT2D eigenvalue weighted by molar-refractivity contribution is -0.130. The molecule has 0 bridgehead atoms. The van der Waals surface area contributed by atoms with Crippen LogP contribution in [-0.2, 0) is 9.53 Å². The van der Waals surface area contributed by atoms with Gasteiger partial charge in [0.2, 0.25) is 0 Å². The van der Waals surface area contributed by atoms with E-state index in [0.29, 0.717) is 0 Å². The van der Waals surface area contributed by atoms with Crippen molar-refractivity contribution >= 4 is 17.9 Å². The summed E-state index contributed by atoms with van der Waals surface area (Å²) in [5.41, 5.74) is 4.54. The second kappa shape index (κ2) is 6.65. The number of carbonyl (C=O) groups is 3. The maximum Gasteiger partial charge on any atom is 0.341 e. The van der Waals surface area contributed by atoms with Gasteiger partial charge in [-0.25, -0.2) is 14.0 Å². The van der Waals surface area contributed by atoms with Gasteiger partial charge in [0.1, 0.15) is 5.82 Å². The molecular weight excluding hydrogens is 267 g/mol. The summed E-state index contributed by atoms with van der Waals surface area (Å²) in [5.74, 6) is -3.00. The summed E-state index contributed by atoms with van der Waals surface area (Å²) >= 11 is 0. The number of carbonyl (C=O) groups excluding carboxylic acids is 3. The van der Waals surface area contributed by atoms with Gasteiger partial charge in [-0.05, 0) is 18.1 Å². The monoisotopic (exact) mass is 282 g/mol. The van der Waals surface area contributed by atoms with Crippen LogP contribution in [0.2, 0.25) is 0 Å². The van der Waals surface area contributed by atoms with Crippen LogP contribution in [0.5, 0.6) is 0 Å². The number of amides is 3. The Balaban J connectivity index is 2.86. The molecule has 0 radical (unpaired) electrons. The topological polar surface area (TPSA) is 98.5 Å². The maximum absolute atomic E-state index is 13.4. The first-order valence-corrected chi connectivity index (χ1v) is 5.88. The van der Waals surface area contributed by atoms with Crippen molar-refractivity contribution in [2.75, 3.05) is 0 Å². The smallest absolute Gasteiger partial charge is 0.341 e. The number of nitrogens with one attached hydrogen (secondary N) is 1. The van der Waals surface area contributed by atoms with Crippen molar-refractivity contribution < 1.29 is 23.5 Å². The molecule has 0 aromatic heterocycles. The summed E-state index contributed by atoms with van der Waals surface area (Å²) in [6, 6.07) is 4.17. The number of rotatable bonds is 4. The molecule has 0 saturated carbocycles. The van der Waals surface area contributed by atoms with Crippen LogP contribution in [0.1, 0.15) is 24.2 Å². The molecule has 1 aromatic carbocycles. The molecule has 6 nitrogen and oxygen atoms in total. The highest BCUT2D eigenvalue weighted by Crippen LogP contribution is 2.13. The van der Waals surface area contributed by atoms with Gasteiger partial charge >= 0.3 is 12.0 Å². The Bertz CT molecular complexity index is 531. The largest absolute Gasteiger partial charge is 0.448 e. The van der Waals surface area contributed by atoms with Crippen LogP contribution < -0.4 is 11.1 Å². The van der Waals surface area contributed by atoms with Gasteiger partial charge in [0.25, 0.3) is 5.91 Å². The summed E-state index contributed by atoms with van der Waals surface area (Å²) in [7, 11) is 0. The molecule has 0 aliphatic heterocycles. The van der Waals surface area contributed by atoms with Gasteiger partial charge in [-0.1, -0.05) is 26.0 Å². The number of hydrogen-bond donors (Lipinski definition) is 2. The van der Waals surface area contributed by atoms with Crippen LogP contribution in [0.25, 0.3) is 0 Å². The molecule has 0 spiro atoms. The van der Waals surface area contributed by atoms with E-state index in [1.165, 1.54) is 18.2 Å². The lowest BCUT2D eigenvalue weighted by Gasteiger charge is -2.19. The summed E-state index contributed by atoms with van der Waals surface area (Å²) in [5, 5.41) is 1.82. The normalized spacial score (nSPS) is 11.8. The lowest BCUT2D eigenvalue weighted by atomic mass is 10.1. The van der Waals surface area contributed by atoms with Crippen molar-refractivity contribution in [3.8, 4) is 0 Å². The van der Waals surface area contributed by atoms with Gasteiger partial charge in [0.15, 0.2) is 6.10 Å². The Morgan fingerprint density at radius 3 is 2.35 bits per heavy atom. The van der Waals surface area contributed by atoms with E-state index < -0.39 is 35.7 Å². The number of benzene rings is 1. The number of esters is 1. The summed E-state index contributed by atoms with van der Waals surface area (Å²) < 4.78 is 18.4. The number of primary amides is 1. The minimum absolute atomic E-state index is 0.287. The number of nitrogens with two attached hydrogens (primary N) is 1. The second-order valence-corrected chi connectivity index (χ2v) is 4.40. The Hall–Kier alpha value is -2.44. The van der Waals surface area contributed by atoms with Gasteiger partial charge in [-0.2, -0.15) is 0 Å². The van der Waals surface area contributed by atoms with E-state index in [9.17, 15) is 18.8 Å². The van der Waals surface area contributed by atoms with E-state index in [0.717, 1.165) is 6.07 Å². The first kappa shape index (κ1) is 15.6. The average molecular weight is 282 g/mol. The average Bonchev–Trinajstić information content (AvgIpc) is 2.34. The first-order chi connectivity index (χ1) is 9.32. The zero-order valence-corrected chi connectivity index (χ0v) is 11.1. The maximum atomic E-state index is 13.4. The van der Waals surface area contributed by atoms with Crippen LogP contribution in [0.15, 0.2) is 24.3 Å². The highest BCUT2D eigenvalue weighted by Gasteiger charge is 2.28. The van der Waals surface area contributed by atoms with Crippen LogP contribution in [0.4, 0.5) is 9.18 Å². The van der Waals surface area contributed by atoms with Gasteiger partial charge in [-0.3, -0.25) is 10.1 Å². The Morgan fingerprint density at radius 2 is 1.85 bits per heavy atom. The molecule has 0 unspecified atom stereocenters. The predicted octanol–water partition coefficient (Wildman–Crippen LogP) is 1.20. The van der Waals surface area contributed by atoms with Crippen LogP contribution in [-0.4, -0.2) is 24.0 Å². The van der Waals surface area contributed by atoms with E-state index in [1.54, 1.807) is 13.8 Å². The van der Waals surface area contributed by atoms with Crippen LogP contribution >= 0.6 is 0 Å². The molecule has 7 heteroatoms. The van der Waals surface area contributed by atoms with E-state index in [-0.39, 0.29) is 5.56 Å². The fraction of sp³-hybridized carbons (Fsp3) is 0.308. The van der Waals surface area contributed by atoms with Crippen molar-refractivity contribution in [3.05, 3.63) is 35.6 Å². The van der Waals surface area contributed by atoms with Crippen molar-refractivity contribution in [2.24, 2.45) is 11.7 Å². The predicted molar refractivity (Wildman–Crippen MR) is 68.2 cm³/mol. The molecule has 1 rings (SSSR count). The molecule has 1 atom stereocenters. The van der Waals surface area contributed by atoms with E-state index >= 15 is 0 Å². The number of imide groups is 1. The number of ether oxygens (including phenoxy) is 1. The quantitative estimate of drug-likeness (QED) is 0.811. The zero-order valence-electron chi connectivity index (χ0n) is 11.1. The van der Waals surface area contributed by atoms with Crippen molar-refractivity contribution in [3.63, 3.8) is 0 Å². The molecule has 20 heavy (non-hydrogen) atoms. The lowest BCUT2D eigenvalue weighted by Crippen LogP contribution is -2.45. The van der Waals surface area contributed by atoms with Crippen LogP contribution in [0, 0.1) is 11.7 Å². The van der Waals surface area contributed by atoms with E-state index in [1.807, 2.05) is 5.32 Å². The van der Waals surface area contributed by atoms with Crippen molar-refractivity contribution in [2.45, 2.75) is 20.0 Å². The summed E-state index contributed by atoms with van der Waals surface area (Å²) in [4.78, 5) is 34.1. The third-order valence-electron chi connectivity index (χ3n) is 2.44. The fourth-order valence-corrected chi connectivity index (χ4v) is 1.49. The summed E-state index contributed by atoms with van der Waals surface area (Å²) in [6.07, 6.45) is -1.24. The molecular formula is C13H15FN2O4. The highest BCUT2D eigenvalue weighted by molar-refractivity contribution is 5.98. The van der Waals surface area contributed by atoms with Crippen molar-refractivity contribution in [1.82, 2.24) is 5.32 Å². The van der Waals surface area contributed by atoms with Gasteiger partial charge < -0.3 is 10.5 Å². The number of halogens is 1. The summed E-state index contributed by atoms with van der Waals surface area (Å²) in [6.45, 7) is 3.22. The fourth-order valence-electron chi connectivity index (χ4n) is 1.49. The van der Waals surface area contributed by atoms with E-state index in [4.69, 9.17) is 10.5 Å². The van der Waals surface area contributed by atoms with Gasteiger partial charge in [0, 0.05) is 0 Å². The third-order valence-corrected chi connectivity index (χ3v) is 2.44. The Labute approximate surface area is 115 Å². The molecule has 1 aromatic rings. The van der Waals surface area contributed by atoms with Crippen molar-refractivity contribution in [1.29, 1.82) is 0 Å². The molecule has 3 N–H and O–H groups in total. The second-order valence-electron chi connectivity index (χ2n) is 4.40. The third kappa shape index (κ3) is 4.04. The molecule has 108 valence electrons. The van der Waals surface area contributed by atoms with Crippen LogP contribution in [0.3, 0.4) is 0 Å².